The second-order valence-corrected chi connectivity index (χ2v) is 8.45. The van der Waals surface area contributed by atoms with Crippen LogP contribution < -0.4 is 10.1 Å². The molecule has 3 aromatic rings. The molecule has 6 nitrogen and oxygen atoms in total. The van der Waals surface area contributed by atoms with Gasteiger partial charge in [-0.3, -0.25) is 4.79 Å². The van der Waals surface area contributed by atoms with E-state index in [1.807, 2.05) is 36.7 Å². The fourth-order valence-electron chi connectivity index (χ4n) is 3.41. The number of ether oxygens (including phenoxy) is 1. The Kier molecular flexibility index (Phi) is 7.74. The first-order chi connectivity index (χ1) is 14.9. The number of carbonyl (C=O) groups excluding carboxylic acids is 1. The van der Waals surface area contributed by atoms with Gasteiger partial charge in [-0.15, -0.1) is 10.2 Å². The summed E-state index contributed by atoms with van der Waals surface area (Å²) in [6.45, 7) is 8.60. The zero-order valence-electron chi connectivity index (χ0n) is 18.9. The molecule has 0 aliphatic heterocycles. The standard InChI is InChI=1S/C24H30N4O2S/c1-6-18-9-8-10-19(7-2)23(18)25-22(29)15-31-24-27-26-21(28(24)5)14-30-20-12-11-16(3)13-17(20)4/h8-13H,6-7,14-15H2,1-5H3,(H,25,29). The summed E-state index contributed by atoms with van der Waals surface area (Å²) in [7, 11) is 1.89. The molecule has 0 radical (unpaired) electrons. The Hall–Kier alpha value is -2.80. The van der Waals surface area contributed by atoms with Gasteiger partial charge in [0.15, 0.2) is 11.0 Å². The average Bonchev–Trinajstić information content (AvgIpc) is 3.11. The molecule has 1 aromatic heterocycles. The van der Waals surface area contributed by atoms with E-state index in [9.17, 15) is 4.79 Å². The molecule has 0 bridgehead atoms. The van der Waals surface area contributed by atoms with Crippen LogP contribution in [0.1, 0.15) is 41.9 Å². The number of hydrogen-bond donors (Lipinski definition) is 1. The van der Waals surface area contributed by atoms with E-state index in [1.165, 1.54) is 17.3 Å². The number of aryl methyl sites for hydroxylation is 4. The molecule has 0 saturated carbocycles. The van der Waals surface area contributed by atoms with Crippen molar-refractivity contribution in [1.82, 2.24) is 14.8 Å². The van der Waals surface area contributed by atoms with Crippen molar-refractivity contribution in [1.29, 1.82) is 0 Å². The molecule has 0 unspecified atom stereocenters. The number of aromatic nitrogens is 3. The van der Waals surface area contributed by atoms with Crippen molar-refractivity contribution < 1.29 is 9.53 Å². The van der Waals surface area contributed by atoms with Gasteiger partial charge in [0.05, 0.1) is 5.75 Å². The summed E-state index contributed by atoms with van der Waals surface area (Å²) in [5.41, 5.74) is 5.54. The third-order valence-corrected chi connectivity index (χ3v) is 6.23. The van der Waals surface area contributed by atoms with Gasteiger partial charge in [-0.1, -0.05) is 61.5 Å². The SMILES string of the molecule is CCc1cccc(CC)c1NC(=O)CSc1nnc(COc2ccc(C)cc2C)n1C. The molecular formula is C24H30N4O2S. The van der Waals surface area contributed by atoms with E-state index in [1.54, 1.807) is 0 Å². The second-order valence-electron chi connectivity index (χ2n) is 7.51. The Labute approximate surface area is 188 Å². The normalized spacial score (nSPS) is 10.9. The van der Waals surface area contributed by atoms with Crippen LogP contribution in [-0.4, -0.2) is 26.4 Å². The van der Waals surface area contributed by atoms with Crippen molar-refractivity contribution in [3.63, 3.8) is 0 Å². The number of anilines is 1. The topological polar surface area (TPSA) is 69.0 Å². The van der Waals surface area contributed by atoms with E-state index < -0.39 is 0 Å². The Morgan fingerprint density at radius 3 is 2.45 bits per heavy atom. The average molecular weight is 439 g/mol. The first-order valence-corrected chi connectivity index (χ1v) is 11.5. The fourth-order valence-corrected chi connectivity index (χ4v) is 4.14. The highest BCUT2D eigenvalue weighted by molar-refractivity contribution is 7.99. The van der Waals surface area contributed by atoms with Crippen molar-refractivity contribution in [2.24, 2.45) is 7.05 Å². The monoisotopic (exact) mass is 438 g/mol. The van der Waals surface area contributed by atoms with Crippen LogP contribution in [0.4, 0.5) is 5.69 Å². The summed E-state index contributed by atoms with van der Waals surface area (Å²) in [6, 6.07) is 12.3. The second kappa shape index (κ2) is 10.5. The number of hydrogen-bond acceptors (Lipinski definition) is 5. The molecule has 0 fully saturated rings. The molecule has 0 aliphatic rings. The maximum absolute atomic E-state index is 12.6. The third-order valence-electron chi connectivity index (χ3n) is 5.21. The van der Waals surface area contributed by atoms with Crippen LogP contribution in [-0.2, 0) is 31.3 Å². The zero-order chi connectivity index (χ0) is 22.4. The smallest absolute Gasteiger partial charge is 0.234 e. The van der Waals surface area contributed by atoms with Gasteiger partial charge in [0.2, 0.25) is 5.91 Å². The van der Waals surface area contributed by atoms with Gasteiger partial charge in [0.25, 0.3) is 0 Å². The number of amides is 1. The van der Waals surface area contributed by atoms with Crippen molar-refractivity contribution in [3.05, 3.63) is 64.5 Å². The lowest BCUT2D eigenvalue weighted by Gasteiger charge is -2.14. The van der Waals surface area contributed by atoms with Gasteiger partial charge < -0.3 is 14.6 Å². The predicted molar refractivity (Wildman–Crippen MR) is 126 cm³/mol. The van der Waals surface area contributed by atoms with Crippen molar-refractivity contribution in [3.8, 4) is 5.75 Å². The van der Waals surface area contributed by atoms with E-state index >= 15 is 0 Å². The molecule has 0 spiro atoms. The predicted octanol–water partition coefficient (Wildman–Crippen LogP) is 4.87. The molecular weight excluding hydrogens is 408 g/mol. The van der Waals surface area contributed by atoms with Crippen LogP contribution in [0.25, 0.3) is 0 Å². The molecule has 3 rings (SSSR count). The minimum Gasteiger partial charge on any atom is -0.485 e. The number of thioether (sulfide) groups is 1. The van der Waals surface area contributed by atoms with Crippen molar-refractivity contribution in [2.45, 2.75) is 52.3 Å². The van der Waals surface area contributed by atoms with Gasteiger partial charge in [-0.05, 0) is 49.4 Å². The number of benzene rings is 2. The van der Waals surface area contributed by atoms with Crippen LogP contribution in [0, 0.1) is 13.8 Å². The summed E-state index contributed by atoms with van der Waals surface area (Å²) in [5.74, 6) is 1.78. The Bertz CT molecular complexity index is 1040. The van der Waals surface area contributed by atoms with E-state index in [0.29, 0.717) is 17.6 Å². The van der Waals surface area contributed by atoms with Crippen molar-refractivity contribution in [2.75, 3.05) is 11.1 Å². The zero-order valence-corrected chi connectivity index (χ0v) is 19.7. The molecule has 1 heterocycles. The number of para-hydroxylation sites is 1. The third kappa shape index (κ3) is 5.67. The molecule has 0 aliphatic carbocycles. The molecule has 7 heteroatoms. The summed E-state index contributed by atoms with van der Waals surface area (Å²) in [5, 5.41) is 12.2. The van der Waals surface area contributed by atoms with Crippen LogP contribution >= 0.6 is 11.8 Å². The Morgan fingerprint density at radius 1 is 1.10 bits per heavy atom. The lowest BCUT2D eigenvalue weighted by molar-refractivity contribution is -0.113. The lowest BCUT2D eigenvalue weighted by atomic mass is 10.0. The van der Waals surface area contributed by atoms with Crippen LogP contribution in [0.5, 0.6) is 5.75 Å². The lowest BCUT2D eigenvalue weighted by Crippen LogP contribution is -2.17. The number of nitrogens with one attached hydrogen (secondary N) is 1. The summed E-state index contributed by atoms with van der Waals surface area (Å²) in [6.07, 6.45) is 1.76. The number of carbonyl (C=O) groups is 1. The van der Waals surface area contributed by atoms with E-state index in [-0.39, 0.29) is 11.7 Å². The summed E-state index contributed by atoms with van der Waals surface area (Å²) in [4.78, 5) is 12.6. The first-order valence-electron chi connectivity index (χ1n) is 10.5. The summed E-state index contributed by atoms with van der Waals surface area (Å²) < 4.78 is 7.79. The Balaban J connectivity index is 1.59. The summed E-state index contributed by atoms with van der Waals surface area (Å²) >= 11 is 1.37. The van der Waals surface area contributed by atoms with Crippen LogP contribution in [0.3, 0.4) is 0 Å². The van der Waals surface area contributed by atoms with Crippen LogP contribution in [0.15, 0.2) is 41.6 Å². The first kappa shape index (κ1) is 22.9. The van der Waals surface area contributed by atoms with Gasteiger partial charge in [0, 0.05) is 12.7 Å². The minimum absolute atomic E-state index is 0.0447. The highest BCUT2D eigenvalue weighted by atomic mass is 32.2. The quantitative estimate of drug-likeness (QED) is 0.483. The van der Waals surface area contributed by atoms with Gasteiger partial charge >= 0.3 is 0 Å². The fraction of sp³-hybridized carbons (Fsp3) is 0.375. The highest BCUT2D eigenvalue weighted by Gasteiger charge is 2.14. The van der Waals surface area contributed by atoms with Gasteiger partial charge in [0.1, 0.15) is 12.4 Å². The van der Waals surface area contributed by atoms with Gasteiger partial charge in [-0.2, -0.15) is 0 Å². The number of nitrogens with zero attached hydrogens (tertiary/aromatic N) is 3. The van der Waals surface area contributed by atoms with E-state index in [0.717, 1.165) is 41.0 Å². The molecule has 1 N–H and O–H groups in total. The Morgan fingerprint density at radius 2 is 1.81 bits per heavy atom. The van der Waals surface area contributed by atoms with E-state index in [4.69, 9.17) is 4.74 Å². The molecule has 2 aromatic carbocycles. The molecule has 1 amide bonds. The highest BCUT2D eigenvalue weighted by Crippen LogP contribution is 2.24. The molecule has 31 heavy (non-hydrogen) atoms. The maximum atomic E-state index is 12.6. The van der Waals surface area contributed by atoms with Crippen LogP contribution in [0.2, 0.25) is 0 Å². The minimum atomic E-state index is -0.0447. The van der Waals surface area contributed by atoms with E-state index in [2.05, 4.69) is 54.5 Å². The molecule has 0 saturated heterocycles. The van der Waals surface area contributed by atoms with Gasteiger partial charge in [-0.25, -0.2) is 0 Å². The molecule has 0 atom stereocenters. The van der Waals surface area contributed by atoms with Crippen molar-refractivity contribution >= 4 is 23.4 Å². The largest absolute Gasteiger partial charge is 0.485 e. The maximum Gasteiger partial charge on any atom is 0.234 e. The number of rotatable bonds is 9. The molecule has 164 valence electrons.